The van der Waals surface area contributed by atoms with Gasteiger partial charge in [0.15, 0.2) is 0 Å². The van der Waals surface area contributed by atoms with E-state index in [1.54, 1.807) is 0 Å². The van der Waals surface area contributed by atoms with E-state index in [0.29, 0.717) is 32.6 Å². The maximum absolute atomic E-state index is 12.1. The highest BCUT2D eigenvalue weighted by molar-refractivity contribution is 6.20. The first-order chi connectivity index (χ1) is 9.54. The van der Waals surface area contributed by atoms with Crippen LogP contribution in [0.3, 0.4) is 0 Å². The van der Waals surface area contributed by atoms with Gasteiger partial charge in [0.05, 0.1) is 21.8 Å². The summed E-state index contributed by atoms with van der Waals surface area (Å²) in [5.74, 6) is -0.195. The van der Waals surface area contributed by atoms with Gasteiger partial charge in [-0.2, -0.15) is 0 Å². The summed E-state index contributed by atoms with van der Waals surface area (Å²) >= 11 is 0. The number of rotatable bonds is 0. The van der Waals surface area contributed by atoms with Gasteiger partial charge < -0.3 is 20.2 Å². The standard InChI is InChI=1S/C14H8N2O4/c17-5-1-7-11-9(3-5)16-14(20)8-2-6(18)4-10(12(8)11)15-13(7)19/h1-4,17-18H,(H,15,19)(H,16,20). The van der Waals surface area contributed by atoms with Gasteiger partial charge in [-0.25, -0.2) is 0 Å². The molecular formula is C14H8N2O4. The molecule has 0 bridgehead atoms. The van der Waals surface area contributed by atoms with Gasteiger partial charge in [0.1, 0.15) is 11.5 Å². The smallest absolute Gasteiger partial charge is 0.256 e. The molecular weight excluding hydrogens is 260 g/mol. The molecule has 0 amide bonds. The van der Waals surface area contributed by atoms with E-state index >= 15 is 0 Å². The van der Waals surface area contributed by atoms with Crippen molar-refractivity contribution in [3.63, 3.8) is 0 Å². The van der Waals surface area contributed by atoms with Crippen LogP contribution in [0.4, 0.5) is 0 Å². The SMILES string of the molecule is O=c1[nH]c2cc(O)cc3c(=O)[nH]c4cc(O)cc1c4c23. The number of phenolic OH excluding ortho intramolecular Hbond substituents is 2. The Bertz CT molecular complexity index is 1020. The van der Waals surface area contributed by atoms with Crippen molar-refractivity contribution in [1.29, 1.82) is 0 Å². The van der Waals surface area contributed by atoms with E-state index in [-0.39, 0.29) is 11.5 Å². The van der Waals surface area contributed by atoms with Crippen LogP contribution >= 0.6 is 0 Å². The van der Waals surface area contributed by atoms with Crippen LogP contribution in [0.2, 0.25) is 0 Å². The van der Waals surface area contributed by atoms with E-state index in [2.05, 4.69) is 9.97 Å². The molecule has 0 spiro atoms. The zero-order valence-electron chi connectivity index (χ0n) is 10.0. The van der Waals surface area contributed by atoms with Crippen molar-refractivity contribution in [2.24, 2.45) is 0 Å². The second-order valence-electron chi connectivity index (χ2n) is 4.74. The number of benzene rings is 2. The molecule has 0 aliphatic carbocycles. The Balaban J connectivity index is 2.53. The molecule has 0 atom stereocenters. The Morgan fingerprint density at radius 1 is 0.700 bits per heavy atom. The van der Waals surface area contributed by atoms with Crippen LogP contribution in [-0.4, -0.2) is 20.2 Å². The minimum absolute atomic E-state index is 0.0973. The summed E-state index contributed by atoms with van der Waals surface area (Å²) in [7, 11) is 0. The molecule has 0 saturated carbocycles. The van der Waals surface area contributed by atoms with E-state index in [1.165, 1.54) is 24.3 Å². The minimum Gasteiger partial charge on any atom is -0.508 e. The Morgan fingerprint density at radius 2 is 1.10 bits per heavy atom. The molecule has 2 aromatic heterocycles. The van der Waals surface area contributed by atoms with E-state index in [9.17, 15) is 19.8 Å². The monoisotopic (exact) mass is 268 g/mol. The van der Waals surface area contributed by atoms with Crippen LogP contribution in [0.25, 0.3) is 32.6 Å². The summed E-state index contributed by atoms with van der Waals surface area (Å²) in [6.45, 7) is 0. The highest BCUT2D eigenvalue weighted by atomic mass is 16.3. The van der Waals surface area contributed by atoms with Crippen molar-refractivity contribution in [2.75, 3.05) is 0 Å². The summed E-state index contributed by atoms with van der Waals surface area (Å²) in [6.07, 6.45) is 0. The largest absolute Gasteiger partial charge is 0.508 e. The molecule has 2 heterocycles. The molecule has 6 nitrogen and oxygen atoms in total. The third-order valence-corrected chi connectivity index (χ3v) is 3.48. The zero-order valence-corrected chi connectivity index (χ0v) is 10.0. The Labute approximate surface area is 110 Å². The van der Waals surface area contributed by atoms with Crippen LogP contribution < -0.4 is 11.1 Å². The second-order valence-corrected chi connectivity index (χ2v) is 4.74. The first-order valence-electron chi connectivity index (χ1n) is 5.91. The van der Waals surface area contributed by atoms with Gasteiger partial charge in [-0.05, 0) is 12.1 Å². The Hall–Kier alpha value is -3.02. The maximum atomic E-state index is 12.1. The lowest BCUT2D eigenvalue weighted by atomic mass is 10.0. The summed E-state index contributed by atoms with van der Waals surface area (Å²) < 4.78 is 0. The van der Waals surface area contributed by atoms with Crippen molar-refractivity contribution >= 4 is 32.6 Å². The van der Waals surface area contributed by atoms with E-state index < -0.39 is 11.1 Å². The van der Waals surface area contributed by atoms with Crippen LogP contribution in [0, 0.1) is 0 Å². The van der Waals surface area contributed by atoms with E-state index in [1.807, 2.05) is 0 Å². The fourth-order valence-corrected chi connectivity index (χ4v) is 2.73. The fraction of sp³-hybridized carbons (Fsp3) is 0. The molecule has 4 N–H and O–H groups in total. The molecule has 0 radical (unpaired) electrons. The van der Waals surface area contributed by atoms with Crippen molar-refractivity contribution in [3.8, 4) is 11.5 Å². The highest BCUT2D eigenvalue weighted by Crippen LogP contribution is 2.32. The predicted molar refractivity (Wildman–Crippen MR) is 74.7 cm³/mol. The average molecular weight is 268 g/mol. The van der Waals surface area contributed by atoms with Gasteiger partial charge in [-0.3, -0.25) is 9.59 Å². The van der Waals surface area contributed by atoms with E-state index in [4.69, 9.17) is 0 Å². The fourth-order valence-electron chi connectivity index (χ4n) is 2.73. The topological polar surface area (TPSA) is 106 Å². The molecule has 2 aromatic carbocycles. The number of aromatic amines is 2. The number of H-pyrrole nitrogens is 2. The number of nitrogens with one attached hydrogen (secondary N) is 2. The van der Waals surface area contributed by atoms with E-state index in [0.717, 1.165) is 0 Å². The van der Waals surface area contributed by atoms with Crippen molar-refractivity contribution < 1.29 is 10.2 Å². The van der Waals surface area contributed by atoms with Gasteiger partial charge in [-0.1, -0.05) is 0 Å². The zero-order chi connectivity index (χ0) is 14.0. The van der Waals surface area contributed by atoms with Gasteiger partial charge in [0.25, 0.3) is 11.1 Å². The van der Waals surface area contributed by atoms with Gasteiger partial charge in [0, 0.05) is 22.9 Å². The van der Waals surface area contributed by atoms with Crippen molar-refractivity contribution in [3.05, 3.63) is 45.0 Å². The Morgan fingerprint density at radius 3 is 1.50 bits per heavy atom. The highest BCUT2D eigenvalue weighted by Gasteiger charge is 2.15. The molecule has 98 valence electrons. The molecule has 4 aromatic rings. The summed E-state index contributed by atoms with van der Waals surface area (Å²) in [6, 6.07) is 5.50. The molecule has 4 rings (SSSR count). The number of hydrogen-bond acceptors (Lipinski definition) is 4. The van der Waals surface area contributed by atoms with Crippen molar-refractivity contribution in [1.82, 2.24) is 9.97 Å². The molecule has 0 fully saturated rings. The lowest BCUT2D eigenvalue weighted by Gasteiger charge is -2.10. The lowest BCUT2D eigenvalue weighted by Crippen LogP contribution is -2.12. The first kappa shape index (κ1) is 10.9. The molecule has 20 heavy (non-hydrogen) atoms. The van der Waals surface area contributed by atoms with Gasteiger partial charge in [-0.15, -0.1) is 0 Å². The number of aromatic hydroxyl groups is 2. The number of pyridine rings is 2. The second kappa shape index (κ2) is 3.30. The average Bonchev–Trinajstić information content (AvgIpc) is 2.37. The van der Waals surface area contributed by atoms with Crippen LogP contribution in [-0.2, 0) is 0 Å². The van der Waals surface area contributed by atoms with Crippen LogP contribution in [0.5, 0.6) is 11.5 Å². The number of aromatic nitrogens is 2. The Kier molecular flexibility index (Phi) is 1.79. The van der Waals surface area contributed by atoms with Gasteiger partial charge >= 0.3 is 0 Å². The van der Waals surface area contributed by atoms with Gasteiger partial charge in [0.2, 0.25) is 0 Å². The normalized spacial score (nSPS) is 11.8. The predicted octanol–water partition coefficient (Wildman–Crippen LogP) is 1.37. The summed E-state index contributed by atoms with van der Waals surface area (Å²) in [4.78, 5) is 29.4. The van der Waals surface area contributed by atoms with Crippen LogP contribution in [0.15, 0.2) is 33.9 Å². The molecule has 6 heteroatoms. The maximum Gasteiger partial charge on any atom is 0.256 e. The first-order valence-corrected chi connectivity index (χ1v) is 5.91. The minimum atomic E-state index is -0.391. The molecule has 0 aliphatic rings. The summed E-state index contributed by atoms with van der Waals surface area (Å²) in [5, 5.41) is 21.0. The number of hydrogen-bond donors (Lipinski definition) is 4. The lowest BCUT2D eigenvalue weighted by molar-refractivity contribution is 0.475. The van der Waals surface area contributed by atoms with Crippen LogP contribution in [0.1, 0.15) is 0 Å². The quantitative estimate of drug-likeness (QED) is 0.361. The third kappa shape index (κ3) is 1.22. The third-order valence-electron chi connectivity index (χ3n) is 3.48. The molecule has 0 aliphatic heterocycles. The van der Waals surface area contributed by atoms with Crippen molar-refractivity contribution in [2.45, 2.75) is 0 Å². The molecule has 0 saturated heterocycles. The molecule has 0 unspecified atom stereocenters. The summed E-state index contributed by atoms with van der Waals surface area (Å²) in [5.41, 5.74) is -0.00622. The number of phenols is 2.